The van der Waals surface area contributed by atoms with E-state index in [1.54, 1.807) is 0 Å². The molecular formula is C10H13BrO. The minimum absolute atomic E-state index is 0.727. The third-order valence-corrected chi connectivity index (χ3v) is 1.92. The average Bonchev–Trinajstić information content (AvgIpc) is 2.21. The van der Waals surface area contributed by atoms with E-state index in [2.05, 4.69) is 15.9 Å². The van der Waals surface area contributed by atoms with Crippen molar-refractivity contribution in [2.75, 3.05) is 0 Å². The van der Waals surface area contributed by atoms with Crippen LogP contribution in [-0.2, 0) is 5.33 Å². The predicted octanol–water partition coefficient (Wildman–Crippen LogP) is 3.42. The molecule has 0 aliphatic rings. The number of halogens is 1. The SMILES string of the molecule is CC.O=Cc1ccc(CBr)cc1. The number of carbonyl (C=O) groups excluding carboxylic acids is 1. The molecule has 0 bridgehead atoms. The van der Waals surface area contributed by atoms with Crippen molar-refractivity contribution in [3.63, 3.8) is 0 Å². The van der Waals surface area contributed by atoms with Gasteiger partial charge in [0.15, 0.2) is 0 Å². The number of hydrogen-bond donors (Lipinski definition) is 0. The van der Waals surface area contributed by atoms with Gasteiger partial charge >= 0.3 is 0 Å². The van der Waals surface area contributed by atoms with Crippen molar-refractivity contribution in [1.29, 1.82) is 0 Å². The maximum atomic E-state index is 10.2. The Morgan fingerprint density at radius 3 is 2.08 bits per heavy atom. The van der Waals surface area contributed by atoms with Crippen molar-refractivity contribution in [3.8, 4) is 0 Å². The third kappa shape index (κ3) is 3.67. The molecule has 12 heavy (non-hydrogen) atoms. The first-order valence-electron chi connectivity index (χ1n) is 3.97. The van der Waals surface area contributed by atoms with Crippen molar-refractivity contribution >= 4 is 22.2 Å². The Morgan fingerprint density at radius 2 is 1.75 bits per heavy atom. The summed E-state index contributed by atoms with van der Waals surface area (Å²) in [5, 5.41) is 0.839. The first kappa shape index (κ1) is 11.4. The van der Waals surface area contributed by atoms with Gasteiger partial charge in [0.1, 0.15) is 6.29 Å². The first-order valence-corrected chi connectivity index (χ1v) is 5.09. The average molecular weight is 229 g/mol. The van der Waals surface area contributed by atoms with E-state index in [0.29, 0.717) is 0 Å². The number of alkyl halides is 1. The normalized spacial score (nSPS) is 8.25. The summed E-state index contributed by atoms with van der Waals surface area (Å²) in [6.07, 6.45) is 0.845. The molecule has 1 aromatic rings. The Hall–Kier alpha value is -0.630. The summed E-state index contributed by atoms with van der Waals surface area (Å²) in [7, 11) is 0. The zero-order chi connectivity index (χ0) is 9.40. The van der Waals surface area contributed by atoms with Crippen molar-refractivity contribution in [2.45, 2.75) is 19.2 Å². The highest BCUT2D eigenvalue weighted by Gasteiger charge is 1.89. The maximum absolute atomic E-state index is 10.2. The zero-order valence-electron chi connectivity index (χ0n) is 7.38. The Morgan fingerprint density at radius 1 is 1.25 bits per heavy atom. The van der Waals surface area contributed by atoms with Gasteiger partial charge in [0, 0.05) is 10.9 Å². The van der Waals surface area contributed by atoms with Crippen LogP contribution in [-0.4, -0.2) is 6.29 Å². The highest BCUT2D eigenvalue weighted by molar-refractivity contribution is 9.08. The highest BCUT2D eigenvalue weighted by atomic mass is 79.9. The summed E-state index contributed by atoms with van der Waals surface area (Å²) in [5.74, 6) is 0. The van der Waals surface area contributed by atoms with E-state index in [1.807, 2.05) is 38.1 Å². The van der Waals surface area contributed by atoms with Crippen molar-refractivity contribution in [3.05, 3.63) is 35.4 Å². The topological polar surface area (TPSA) is 17.1 Å². The Kier molecular flexibility index (Phi) is 6.67. The summed E-state index contributed by atoms with van der Waals surface area (Å²) in [6, 6.07) is 7.48. The Bertz CT molecular complexity index is 216. The molecule has 1 rings (SSSR count). The standard InChI is InChI=1S/C8H7BrO.C2H6/c9-5-7-1-3-8(6-10)4-2-7;1-2/h1-4,6H,5H2;1-2H3. The molecule has 0 N–H and O–H groups in total. The smallest absolute Gasteiger partial charge is 0.150 e. The number of aldehydes is 1. The molecule has 0 fully saturated rings. The summed E-state index contributed by atoms with van der Waals surface area (Å²) in [6.45, 7) is 4.00. The quantitative estimate of drug-likeness (QED) is 0.561. The predicted molar refractivity (Wildman–Crippen MR) is 55.8 cm³/mol. The fraction of sp³-hybridized carbons (Fsp3) is 0.300. The van der Waals surface area contributed by atoms with Gasteiger partial charge < -0.3 is 0 Å². The van der Waals surface area contributed by atoms with Gasteiger partial charge in [0.25, 0.3) is 0 Å². The molecule has 1 nitrogen and oxygen atoms in total. The second kappa shape index (κ2) is 7.04. The van der Waals surface area contributed by atoms with Crippen LogP contribution < -0.4 is 0 Å². The lowest BCUT2D eigenvalue weighted by Gasteiger charge is -1.92. The molecule has 0 radical (unpaired) electrons. The van der Waals surface area contributed by atoms with Crippen LogP contribution in [0.2, 0.25) is 0 Å². The molecule has 0 aliphatic carbocycles. The van der Waals surface area contributed by atoms with E-state index < -0.39 is 0 Å². The van der Waals surface area contributed by atoms with Crippen LogP contribution in [0.25, 0.3) is 0 Å². The minimum atomic E-state index is 0.727. The molecule has 0 saturated carbocycles. The molecule has 2 heteroatoms. The van der Waals surface area contributed by atoms with Crippen LogP contribution in [0, 0.1) is 0 Å². The molecule has 0 saturated heterocycles. The molecule has 0 heterocycles. The first-order chi connectivity index (χ1) is 5.86. The van der Waals surface area contributed by atoms with Crippen molar-refractivity contribution in [1.82, 2.24) is 0 Å². The number of hydrogen-bond acceptors (Lipinski definition) is 1. The van der Waals surface area contributed by atoms with Crippen LogP contribution in [0.4, 0.5) is 0 Å². The highest BCUT2D eigenvalue weighted by Crippen LogP contribution is 2.05. The maximum Gasteiger partial charge on any atom is 0.150 e. The van der Waals surface area contributed by atoms with E-state index in [-0.39, 0.29) is 0 Å². The molecule has 66 valence electrons. The fourth-order valence-corrected chi connectivity index (χ4v) is 1.06. The molecule has 0 amide bonds. The summed E-state index contributed by atoms with van der Waals surface area (Å²) in [5.41, 5.74) is 1.91. The van der Waals surface area contributed by atoms with E-state index >= 15 is 0 Å². The van der Waals surface area contributed by atoms with Crippen molar-refractivity contribution < 1.29 is 4.79 Å². The van der Waals surface area contributed by atoms with Crippen LogP contribution in [0.1, 0.15) is 29.8 Å². The van der Waals surface area contributed by atoms with Crippen molar-refractivity contribution in [2.24, 2.45) is 0 Å². The Labute approximate surface area is 81.9 Å². The van der Waals surface area contributed by atoms with Gasteiger partial charge in [0.05, 0.1) is 0 Å². The van der Waals surface area contributed by atoms with Gasteiger partial charge in [-0.25, -0.2) is 0 Å². The number of carbonyl (C=O) groups is 1. The molecule has 0 aromatic heterocycles. The second-order valence-corrected chi connectivity index (χ2v) is 2.55. The molecule has 0 atom stereocenters. The van der Waals surface area contributed by atoms with E-state index in [9.17, 15) is 4.79 Å². The molecule has 1 aromatic carbocycles. The van der Waals surface area contributed by atoms with E-state index in [4.69, 9.17) is 0 Å². The van der Waals surface area contributed by atoms with Gasteiger partial charge in [-0.1, -0.05) is 54.0 Å². The largest absolute Gasteiger partial charge is 0.298 e. The van der Waals surface area contributed by atoms with Gasteiger partial charge in [-0.15, -0.1) is 0 Å². The molecule has 0 aliphatic heterocycles. The van der Waals surface area contributed by atoms with Crippen LogP contribution in [0.5, 0.6) is 0 Å². The lowest BCUT2D eigenvalue weighted by Crippen LogP contribution is -1.80. The summed E-state index contributed by atoms with van der Waals surface area (Å²) >= 11 is 3.32. The summed E-state index contributed by atoms with van der Waals surface area (Å²) in [4.78, 5) is 10.2. The Balaban J connectivity index is 0.000000561. The van der Waals surface area contributed by atoms with Crippen LogP contribution >= 0.6 is 15.9 Å². The molecule has 0 spiro atoms. The van der Waals surface area contributed by atoms with Gasteiger partial charge in [-0.3, -0.25) is 4.79 Å². The monoisotopic (exact) mass is 228 g/mol. The second-order valence-electron chi connectivity index (χ2n) is 1.99. The molecule has 0 unspecified atom stereocenters. The lowest BCUT2D eigenvalue weighted by atomic mass is 10.2. The lowest BCUT2D eigenvalue weighted by molar-refractivity contribution is 0.112. The van der Waals surface area contributed by atoms with E-state index in [0.717, 1.165) is 17.2 Å². The third-order valence-electron chi connectivity index (χ3n) is 1.27. The van der Waals surface area contributed by atoms with Gasteiger partial charge in [-0.05, 0) is 5.56 Å². The van der Waals surface area contributed by atoms with Gasteiger partial charge in [-0.2, -0.15) is 0 Å². The van der Waals surface area contributed by atoms with Crippen LogP contribution in [0.3, 0.4) is 0 Å². The fourth-order valence-electron chi connectivity index (χ4n) is 0.685. The molecular weight excluding hydrogens is 216 g/mol. The summed E-state index contributed by atoms with van der Waals surface area (Å²) < 4.78 is 0. The minimum Gasteiger partial charge on any atom is -0.298 e. The number of rotatable bonds is 2. The van der Waals surface area contributed by atoms with E-state index in [1.165, 1.54) is 5.56 Å². The number of benzene rings is 1. The van der Waals surface area contributed by atoms with Gasteiger partial charge in [0.2, 0.25) is 0 Å². The zero-order valence-corrected chi connectivity index (χ0v) is 8.97. The van der Waals surface area contributed by atoms with Crippen LogP contribution in [0.15, 0.2) is 24.3 Å².